The number of hydroxylamine groups is 2. The average molecular weight is 185 g/mol. The van der Waals surface area contributed by atoms with E-state index in [9.17, 15) is 4.79 Å². The second kappa shape index (κ2) is 4.20. The van der Waals surface area contributed by atoms with Crippen LogP contribution in [-0.4, -0.2) is 29.5 Å². The van der Waals surface area contributed by atoms with Crippen LogP contribution in [0.25, 0.3) is 0 Å². The molecule has 0 atom stereocenters. The van der Waals surface area contributed by atoms with Crippen molar-refractivity contribution in [3.8, 4) is 0 Å². The molecule has 0 bridgehead atoms. The Morgan fingerprint density at radius 2 is 1.92 bits per heavy atom. The quantitative estimate of drug-likeness (QED) is 0.623. The fourth-order valence-electron chi connectivity index (χ4n) is 1.42. The van der Waals surface area contributed by atoms with Crippen LogP contribution in [0.15, 0.2) is 0 Å². The molecule has 1 aliphatic rings. The van der Waals surface area contributed by atoms with Gasteiger partial charge in [-0.3, -0.25) is 9.63 Å². The Morgan fingerprint density at radius 1 is 1.23 bits per heavy atom. The molecule has 0 unspecified atom stereocenters. The van der Waals surface area contributed by atoms with Gasteiger partial charge >= 0.3 is 0 Å². The first-order valence-corrected chi connectivity index (χ1v) is 4.93. The number of Topliss-reactive ketones (excluding diaryl/α,β-unsaturated/α-hetero) is 1. The zero-order valence-corrected chi connectivity index (χ0v) is 8.80. The van der Waals surface area contributed by atoms with Crippen molar-refractivity contribution in [1.29, 1.82) is 0 Å². The maximum atomic E-state index is 11.1. The number of ketones is 1. The van der Waals surface area contributed by atoms with Gasteiger partial charge in [0.1, 0.15) is 5.78 Å². The molecular formula is C10H19NO2. The van der Waals surface area contributed by atoms with Gasteiger partial charge in [0.25, 0.3) is 0 Å². The first-order chi connectivity index (χ1) is 5.97. The SMILES string of the molecule is CC(C)(C)ON1CCCC(=O)CC1. The van der Waals surface area contributed by atoms with Crippen molar-refractivity contribution in [3.05, 3.63) is 0 Å². The Bertz CT molecular complexity index is 184. The van der Waals surface area contributed by atoms with E-state index in [2.05, 4.69) is 0 Å². The van der Waals surface area contributed by atoms with Gasteiger partial charge in [0.05, 0.1) is 5.60 Å². The molecule has 0 aromatic heterocycles. The van der Waals surface area contributed by atoms with Crippen LogP contribution in [0.3, 0.4) is 0 Å². The van der Waals surface area contributed by atoms with Crippen molar-refractivity contribution in [2.75, 3.05) is 13.1 Å². The fourth-order valence-corrected chi connectivity index (χ4v) is 1.42. The van der Waals surface area contributed by atoms with E-state index in [0.717, 1.165) is 19.5 Å². The lowest BCUT2D eigenvalue weighted by Gasteiger charge is -2.28. The minimum atomic E-state index is -0.145. The molecule has 1 saturated heterocycles. The molecule has 3 nitrogen and oxygen atoms in total. The minimum Gasteiger partial charge on any atom is -0.300 e. The smallest absolute Gasteiger partial charge is 0.134 e. The van der Waals surface area contributed by atoms with Gasteiger partial charge in [-0.1, -0.05) is 0 Å². The van der Waals surface area contributed by atoms with E-state index < -0.39 is 0 Å². The van der Waals surface area contributed by atoms with Crippen LogP contribution in [0, 0.1) is 0 Å². The summed E-state index contributed by atoms with van der Waals surface area (Å²) in [6, 6.07) is 0. The zero-order valence-electron chi connectivity index (χ0n) is 8.80. The first-order valence-electron chi connectivity index (χ1n) is 4.93. The van der Waals surface area contributed by atoms with Crippen molar-refractivity contribution in [1.82, 2.24) is 5.06 Å². The molecule has 13 heavy (non-hydrogen) atoms. The molecule has 0 radical (unpaired) electrons. The molecule has 0 spiro atoms. The molecule has 0 aromatic rings. The number of carbonyl (C=O) groups is 1. The molecule has 1 heterocycles. The van der Waals surface area contributed by atoms with E-state index >= 15 is 0 Å². The Hall–Kier alpha value is -0.410. The molecule has 3 heteroatoms. The maximum absolute atomic E-state index is 11.1. The normalized spacial score (nSPS) is 21.6. The second-order valence-electron chi connectivity index (χ2n) is 4.52. The third kappa shape index (κ3) is 4.39. The van der Waals surface area contributed by atoms with Crippen molar-refractivity contribution < 1.29 is 9.63 Å². The Labute approximate surface area is 80.0 Å². The molecule has 0 saturated carbocycles. The number of carbonyl (C=O) groups excluding carboxylic acids is 1. The van der Waals surface area contributed by atoms with Gasteiger partial charge in [0.2, 0.25) is 0 Å². The predicted octanol–water partition coefficient (Wildman–Crippen LogP) is 1.77. The van der Waals surface area contributed by atoms with E-state index in [1.807, 2.05) is 25.8 Å². The van der Waals surface area contributed by atoms with Crippen LogP contribution < -0.4 is 0 Å². The molecule has 0 aliphatic carbocycles. The largest absolute Gasteiger partial charge is 0.300 e. The Kier molecular flexibility index (Phi) is 3.45. The standard InChI is InChI=1S/C10H19NO2/c1-10(2,3)13-11-7-4-5-9(12)6-8-11/h4-8H2,1-3H3. The van der Waals surface area contributed by atoms with Crippen molar-refractivity contribution in [2.45, 2.75) is 45.6 Å². The summed E-state index contributed by atoms with van der Waals surface area (Å²) in [4.78, 5) is 16.8. The van der Waals surface area contributed by atoms with Crippen LogP contribution in [-0.2, 0) is 9.63 Å². The maximum Gasteiger partial charge on any atom is 0.134 e. The highest BCUT2D eigenvalue weighted by Crippen LogP contribution is 2.14. The van der Waals surface area contributed by atoms with E-state index in [4.69, 9.17) is 4.84 Å². The molecule has 1 fully saturated rings. The molecule has 76 valence electrons. The molecule has 1 rings (SSSR count). The van der Waals surface area contributed by atoms with Crippen LogP contribution in [0.5, 0.6) is 0 Å². The molecule has 0 aromatic carbocycles. The summed E-state index contributed by atoms with van der Waals surface area (Å²) < 4.78 is 0. The van der Waals surface area contributed by atoms with Crippen LogP contribution in [0.4, 0.5) is 0 Å². The lowest BCUT2D eigenvalue weighted by atomic mass is 10.2. The van der Waals surface area contributed by atoms with Crippen LogP contribution in [0.1, 0.15) is 40.0 Å². The van der Waals surface area contributed by atoms with Crippen molar-refractivity contribution in [3.63, 3.8) is 0 Å². The lowest BCUT2D eigenvalue weighted by molar-refractivity contribution is -0.227. The Morgan fingerprint density at radius 3 is 2.54 bits per heavy atom. The van der Waals surface area contributed by atoms with Gasteiger partial charge < -0.3 is 0 Å². The van der Waals surface area contributed by atoms with Gasteiger partial charge in [-0.2, -0.15) is 5.06 Å². The molecule has 0 N–H and O–H groups in total. The molecule has 1 aliphatic heterocycles. The monoisotopic (exact) mass is 185 g/mol. The summed E-state index contributed by atoms with van der Waals surface area (Å²) in [5.41, 5.74) is -0.145. The van der Waals surface area contributed by atoms with Gasteiger partial charge in [-0.25, -0.2) is 0 Å². The second-order valence-corrected chi connectivity index (χ2v) is 4.52. The highest BCUT2D eigenvalue weighted by molar-refractivity contribution is 5.78. The van der Waals surface area contributed by atoms with E-state index in [0.29, 0.717) is 18.6 Å². The topological polar surface area (TPSA) is 29.5 Å². The molecule has 0 amide bonds. The minimum absolute atomic E-state index is 0.145. The number of nitrogens with zero attached hydrogens (tertiary/aromatic N) is 1. The number of hydrogen-bond donors (Lipinski definition) is 0. The van der Waals surface area contributed by atoms with E-state index in [1.165, 1.54) is 0 Å². The summed E-state index contributed by atoms with van der Waals surface area (Å²) in [7, 11) is 0. The van der Waals surface area contributed by atoms with Gasteiger partial charge in [0.15, 0.2) is 0 Å². The summed E-state index contributed by atoms with van der Waals surface area (Å²) in [5.74, 6) is 0.361. The highest BCUT2D eigenvalue weighted by atomic mass is 16.7. The fraction of sp³-hybridized carbons (Fsp3) is 0.900. The highest BCUT2D eigenvalue weighted by Gasteiger charge is 2.20. The summed E-state index contributed by atoms with van der Waals surface area (Å²) in [5, 5.41) is 1.92. The summed E-state index contributed by atoms with van der Waals surface area (Å²) in [6.45, 7) is 7.71. The number of rotatable bonds is 1. The van der Waals surface area contributed by atoms with Crippen LogP contribution in [0.2, 0.25) is 0 Å². The predicted molar refractivity (Wildman–Crippen MR) is 51.3 cm³/mol. The zero-order chi connectivity index (χ0) is 9.90. The lowest BCUT2D eigenvalue weighted by Crippen LogP contribution is -2.34. The summed E-state index contributed by atoms with van der Waals surface area (Å²) in [6.07, 6.45) is 2.27. The van der Waals surface area contributed by atoms with Crippen molar-refractivity contribution in [2.24, 2.45) is 0 Å². The van der Waals surface area contributed by atoms with Gasteiger partial charge in [-0.05, 0) is 27.2 Å². The first kappa shape index (κ1) is 10.7. The molecular weight excluding hydrogens is 166 g/mol. The van der Waals surface area contributed by atoms with Crippen LogP contribution >= 0.6 is 0 Å². The number of hydrogen-bond acceptors (Lipinski definition) is 3. The third-order valence-electron chi connectivity index (χ3n) is 1.91. The third-order valence-corrected chi connectivity index (χ3v) is 1.91. The van der Waals surface area contributed by atoms with Crippen molar-refractivity contribution >= 4 is 5.78 Å². The Balaban J connectivity index is 2.38. The van der Waals surface area contributed by atoms with E-state index in [-0.39, 0.29) is 5.60 Å². The average Bonchev–Trinajstić information content (AvgIpc) is 2.12. The summed E-state index contributed by atoms with van der Waals surface area (Å²) >= 11 is 0. The van der Waals surface area contributed by atoms with Gasteiger partial charge in [-0.15, -0.1) is 0 Å². The van der Waals surface area contributed by atoms with E-state index in [1.54, 1.807) is 0 Å². The van der Waals surface area contributed by atoms with Gasteiger partial charge in [0, 0.05) is 25.9 Å².